The van der Waals surface area contributed by atoms with Crippen molar-refractivity contribution in [1.82, 2.24) is 0 Å². The Labute approximate surface area is 155 Å². The van der Waals surface area contributed by atoms with E-state index in [1.165, 1.54) is 57.8 Å². The van der Waals surface area contributed by atoms with E-state index in [-0.39, 0.29) is 11.2 Å². The van der Waals surface area contributed by atoms with Crippen LogP contribution in [0.1, 0.15) is 102 Å². The van der Waals surface area contributed by atoms with Crippen molar-refractivity contribution in [2.24, 2.45) is 5.41 Å². The van der Waals surface area contributed by atoms with E-state index in [1.54, 1.807) is 0 Å². The predicted molar refractivity (Wildman–Crippen MR) is 108 cm³/mol. The SMILES string of the molecule is CCCCCCCCCCCCOc1ccc(C(=O)C(C)(C)C)cc1. The molecule has 0 saturated carbocycles. The van der Waals surface area contributed by atoms with E-state index in [2.05, 4.69) is 6.92 Å². The first-order valence-electron chi connectivity index (χ1n) is 10.2. The highest BCUT2D eigenvalue weighted by molar-refractivity contribution is 5.99. The van der Waals surface area contributed by atoms with Crippen LogP contribution in [-0.2, 0) is 0 Å². The molecule has 0 aliphatic heterocycles. The number of carbonyl (C=O) groups excluding carboxylic acids is 1. The number of hydrogen-bond acceptors (Lipinski definition) is 2. The van der Waals surface area contributed by atoms with Crippen LogP contribution in [0.25, 0.3) is 0 Å². The van der Waals surface area contributed by atoms with Crippen LogP contribution >= 0.6 is 0 Å². The van der Waals surface area contributed by atoms with Gasteiger partial charge in [0.25, 0.3) is 0 Å². The Hall–Kier alpha value is -1.31. The fourth-order valence-electron chi connectivity index (χ4n) is 2.92. The van der Waals surface area contributed by atoms with Gasteiger partial charge in [0.1, 0.15) is 5.75 Å². The number of ketones is 1. The summed E-state index contributed by atoms with van der Waals surface area (Å²) in [6.07, 6.45) is 13.3. The van der Waals surface area contributed by atoms with Gasteiger partial charge >= 0.3 is 0 Å². The number of unbranched alkanes of at least 4 members (excludes halogenated alkanes) is 9. The van der Waals surface area contributed by atoms with Crippen LogP contribution in [0.4, 0.5) is 0 Å². The third-order valence-electron chi connectivity index (χ3n) is 4.56. The van der Waals surface area contributed by atoms with E-state index in [9.17, 15) is 4.79 Å². The van der Waals surface area contributed by atoms with Gasteiger partial charge in [-0.1, -0.05) is 85.5 Å². The van der Waals surface area contributed by atoms with E-state index in [1.807, 2.05) is 45.0 Å². The van der Waals surface area contributed by atoms with Gasteiger partial charge in [-0.05, 0) is 30.7 Å². The summed E-state index contributed by atoms with van der Waals surface area (Å²) in [5.41, 5.74) is 0.428. The average molecular weight is 347 g/mol. The molecular formula is C23H38O2. The molecule has 1 aromatic carbocycles. The second kappa shape index (κ2) is 12.1. The zero-order valence-corrected chi connectivity index (χ0v) is 16.9. The molecule has 0 atom stereocenters. The minimum Gasteiger partial charge on any atom is -0.494 e. The minimum absolute atomic E-state index is 0.175. The van der Waals surface area contributed by atoms with E-state index in [4.69, 9.17) is 4.74 Å². The van der Waals surface area contributed by atoms with Gasteiger partial charge in [-0.2, -0.15) is 0 Å². The number of Topliss-reactive ketones (excluding diaryl/α,β-unsaturated/α-hetero) is 1. The standard InChI is InChI=1S/C23H38O2/c1-5-6-7-8-9-10-11-12-13-14-19-25-21-17-15-20(16-18-21)22(24)23(2,3)4/h15-18H,5-14,19H2,1-4H3. The maximum Gasteiger partial charge on any atom is 0.168 e. The van der Waals surface area contributed by atoms with Crippen LogP contribution in [-0.4, -0.2) is 12.4 Å². The Bertz CT molecular complexity index is 468. The summed E-state index contributed by atoms with van der Waals surface area (Å²) in [7, 11) is 0. The van der Waals surface area contributed by atoms with Crippen LogP contribution in [0.2, 0.25) is 0 Å². The highest BCUT2D eigenvalue weighted by atomic mass is 16.5. The van der Waals surface area contributed by atoms with Crippen molar-refractivity contribution in [1.29, 1.82) is 0 Å². The first-order chi connectivity index (χ1) is 11.9. The molecule has 1 rings (SSSR count). The molecule has 0 aliphatic rings. The van der Waals surface area contributed by atoms with Gasteiger partial charge < -0.3 is 4.74 Å². The summed E-state index contributed by atoms with van der Waals surface area (Å²) >= 11 is 0. The van der Waals surface area contributed by atoms with Gasteiger partial charge in [-0.15, -0.1) is 0 Å². The molecule has 25 heavy (non-hydrogen) atoms. The van der Waals surface area contributed by atoms with Crippen LogP contribution < -0.4 is 4.74 Å². The molecule has 0 aliphatic carbocycles. The molecule has 0 fully saturated rings. The number of benzene rings is 1. The molecular weight excluding hydrogens is 308 g/mol. The monoisotopic (exact) mass is 346 g/mol. The van der Waals surface area contributed by atoms with Crippen molar-refractivity contribution in [2.75, 3.05) is 6.61 Å². The molecule has 0 spiro atoms. The van der Waals surface area contributed by atoms with Crippen LogP contribution in [0, 0.1) is 5.41 Å². The fourth-order valence-corrected chi connectivity index (χ4v) is 2.92. The zero-order valence-electron chi connectivity index (χ0n) is 16.9. The van der Waals surface area contributed by atoms with Crippen LogP contribution in [0.3, 0.4) is 0 Å². The number of rotatable bonds is 13. The topological polar surface area (TPSA) is 26.3 Å². The number of ether oxygens (including phenoxy) is 1. The number of hydrogen-bond donors (Lipinski definition) is 0. The lowest BCUT2D eigenvalue weighted by atomic mass is 9.86. The molecule has 0 N–H and O–H groups in total. The highest BCUT2D eigenvalue weighted by Gasteiger charge is 2.22. The average Bonchev–Trinajstić information content (AvgIpc) is 2.59. The normalized spacial score (nSPS) is 11.5. The molecule has 0 unspecified atom stereocenters. The number of carbonyl (C=O) groups is 1. The van der Waals surface area contributed by atoms with E-state index < -0.39 is 0 Å². The Morgan fingerprint density at radius 3 is 1.76 bits per heavy atom. The maximum absolute atomic E-state index is 12.2. The predicted octanol–water partition coefficient (Wildman–Crippen LogP) is 7.22. The van der Waals surface area contributed by atoms with Crippen molar-refractivity contribution in [3.63, 3.8) is 0 Å². The van der Waals surface area contributed by atoms with Crippen molar-refractivity contribution >= 4 is 5.78 Å². The summed E-state index contributed by atoms with van der Waals surface area (Å²) in [6, 6.07) is 7.58. The molecule has 142 valence electrons. The molecule has 0 amide bonds. The van der Waals surface area contributed by atoms with Gasteiger partial charge in [-0.25, -0.2) is 0 Å². The Morgan fingerprint density at radius 2 is 1.28 bits per heavy atom. The van der Waals surface area contributed by atoms with Crippen molar-refractivity contribution < 1.29 is 9.53 Å². The highest BCUT2D eigenvalue weighted by Crippen LogP contribution is 2.22. The molecule has 0 bridgehead atoms. The van der Waals surface area contributed by atoms with E-state index in [0.29, 0.717) is 0 Å². The fraction of sp³-hybridized carbons (Fsp3) is 0.696. The van der Waals surface area contributed by atoms with Crippen molar-refractivity contribution in [3.05, 3.63) is 29.8 Å². The van der Waals surface area contributed by atoms with Crippen LogP contribution in [0.15, 0.2) is 24.3 Å². The quantitative estimate of drug-likeness (QED) is 0.278. The largest absolute Gasteiger partial charge is 0.494 e. The lowest BCUT2D eigenvalue weighted by Gasteiger charge is -2.16. The third kappa shape index (κ3) is 9.67. The summed E-state index contributed by atoms with van der Waals surface area (Å²) in [6.45, 7) is 8.88. The molecule has 2 heteroatoms. The molecule has 0 saturated heterocycles. The van der Waals surface area contributed by atoms with Crippen molar-refractivity contribution in [2.45, 2.75) is 91.9 Å². The summed E-state index contributed by atoms with van der Waals surface area (Å²) in [5.74, 6) is 1.04. The Morgan fingerprint density at radius 1 is 0.800 bits per heavy atom. The Balaban J connectivity index is 2.08. The minimum atomic E-state index is -0.335. The molecule has 0 heterocycles. The second-order valence-electron chi connectivity index (χ2n) is 8.13. The second-order valence-corrected chi connectivity index (χ2v) is 8.13. The lowest BCUT2D eigenvalue weighted by molar-refractivity contribution is 0.0858. The molecule has 0 radical (unpaired) electrons. The van der Waals surface area contributed by atoms with Crippen LogP contribution in [0.5, 0.6) is 5.75 Å². The van der Waals surface area contributed by atoms with Gasteiger partial charge in [0.15, 0.2) is 5.78 Å². The van der Waals surface area contributed by atoms with Gasteiger partial charge in [0, 0.05) is 11.0 Å². The van der Waals surface area contributed by atoms with Crippen molar-refractivity contribution in [3.8, 4) is 5.75 Å². The van der Waals surface area contributed by atoms with Gasteiger partial charge in [0.2, 0.25) is 0 Å². The lowest BCUT2D eigenvalue weighted by Crippen LogP contribution is -2.19. The first-order valence-corrected chi connectivity index (χ1v) is 10.2. The van der Waals surface area contributed by atoms with E-state index in [0.717, 1.165) is 24.3 Å². The van der Waals surface area contributed by atoms with Gasteiger partial charge in [0.05, 0.1) is 6.61 Å². The first kappa shape index (κ1) is 21.7. The molecule has 2 nitrogen and oxygen atoms in total. The maximum atomic E-state index is 12.2. The summed E-state index contributed by atoms with van der Waals surface area (Å²) < 4.78 is 5.79. The van der Waals surface area contributed by atoms with E-state index >= 15 is 0 Å². The smallest absolute Gasteiger partial charge is 0.168 e. The third-order valence-corrected chi connectivity index (χ3v) is 4.56. The zero-order chi connectivity index (χ0) is 18.5. The molecule has 1 aromatic rings. The molecule has 0 aromatic heterocycles. The summed E-state index contributed by atoms with van der Waals surface area (Å²) in [5, 5.41) is 0. The summed E-state index contributed by atoms with van der Waals surface area (Å²) in [4.78, 5) is 12.2. The van der Waals surface area contributed by atoms with Gasteiger partial charge in [-0.3, -0.25) is 4.79 Å². The Kier molecular flexibility index (Phi) is 10.5.